The van der Waals surface area contributed by atoms with E-state index >= 15 is 0 Å². The van der Waals surface area contributed by atoms with E-state index in [0.717, 1.165) is 25.0 Å². The standard InChI is InChI=1S/C19H27F3N2O3S/c1-13-11-24(12-14(2)27-13)28(25,26)9-8-23-18(15-6-7-15)16-4-3-5-17(10-16)19(20,21)22/h3-5,10,13-15,18,23H,6-9,11-12H2,1-2H3. The highest BCUT2D eigenvalue weighted by Gasteiger charge is 2.36. The van der Waals surface area contributed by atoms with Crippen molar-refractivity contribution in [2.45, 2.75) is 51.1 Å². The number of hydrogen-bond donors (Lipinski definition) is 1. The normalized spacial score (nSPS) is 25.6. The van der Waals surface area contributed by atoms with Crippen molar-refractivity contribution in [3.63, 3.8) is 0 Å². The average molecular weight is 420 g/mol. The van der Waals surface area contributed by atoms with Gasteiger partial charge in [-0.2, -0.15) is 17.5 Å². The number of alkyl halides is 3. The van der Waals surface area contributed by atoms with Gasteiger partial charge in [-0.15, -0.1) is 0 Å². The third-order valence-corrected chi connectivity index (χ3v) is 6.98. The van der Waals surface area contributed by atoms with E-state index in [4.69, 9.17) is 4.74 Å². The van der Waals surface area contributed by atoms with Gasteiger partial charge in [-0.1, -0.05) is 12.1 Å². The Morgan fingerprint density at radius 1 is 1.21 bits per heavy atom. The van der Waals surface area contributed by atoms with Crippen LogP contribution in [0.5, 0.6) is 0 Å². The fourth-order valence-electron chi connectivity index (χ4n) is 3.73. The van der Waals surface area contributed by atoms with Crippen LogP contribution in [0.25, 0.3) is 0 Å². The first kappa shape index (κ1) is 21.5. The summed E-state index contributed by atoms with van der Waals surface area (Å²) in [4.78, 5) is 0. The topological polar surface area (TPSA) is 58.6 Å². The van der Waals surface area contributed by atoms with Crippen molar-refractivity contribution in [1.29, 1.82) is 0 Å². The smallest absolute Gasteiger partial charge is 0.373 e. The molecular formula is C19H27F3N2O3S. The lowest BCUT2D eigenvalue weighted by molar-refractivity contribution is -0.137. The number of ether oxygens (including phenoxy) is 1. The molecule has 0 bridgehead atoms. The van der Waals surface area contributed by atoms with Crippen molar-refractivity contribution in [2.75, 3.05) is 25.4 Å². The maximum Gasteiger partial charge on any atom is 0.416 e. The van der Waals surface area contributed by atoms with Gasteiger partial charge >= 0.3 is 6.18 Å². The molecule has 0 spiro atoms. The minimum atomic E-state index is -4.39. The van der Waals surface area contributed by atoms with Crippen LogP contribution in [-0.2, 0) is 20.9 Å². The zero-order chi connectivity index (χ0) is 20.5. The van der Waals surface area contributed by atoms with Gasteiger partial charge in [0.15, 0.2) is 0 Å². The first-order valence-electron chi connectivity index (χ1n) is 9.60. The van der Waals surface area contributed by atoms with Crippen LogP contribution in [-0.4, -0.2) is 50.3 Å². The van der Waals surface area contributed by atoms with Gasteiger partial charge in [0.2, 0.25) is 10.0 Å². The lowest BCUT2D eigenvalue weighted by atomic mass is 10.00. The van der Waals surface area contributed by atoms with E-state index in [1.54, 1.807) is 6.07 Å². The Kier molecular flexibility index (Phi) is 6.38. The zero-order valence-corrected chi connectivity index (χ0v) is 16.9. The summed E-state index contributed by atoms with van der Waals surface area (Å²) in [6, 6.07) is 5.03. The molecule has 1 aromatic carbocycles. The van der Waals surface area contributed by atoms with Crippen LogP contribution in [0.1, 0.15) is 43.9 Å². The van der Waals surface area contributed by atoms with Gasteiger partial charge in [0, 0.05) is 25.7 Å². The van der Waals surface area contributed by atoms with Gasteiger partial charge in [0.1, 0.15) is 0 Å². The molecule has 1 saturated heterocycles. The molecule has 2 fully saturated rings. The molecule has 3 rings (SSSR count). The molecule has 0 amide bonds. The Labute approximate surface area is 164 Å². The molecule has 1 saturated carbocycles. The molecule has 1 aliphatic carbocycles. The van der Waals surface area contributed by atoms with Crippen molar-refractivity contribution < 1.29 is 26.3 Å². The van der Waals surface area contributed by atoms with Crippen LogP contribution in [0, 0.1) is 5.92 Å². The molecule has 1 aliphatic heterocycles. The summed E-state index contributed by atoms with van der Waals surface area (Å²) in [7, 11) is -3.45. The summed E-state index contributed by atoms with van der Waals surface area (Å²) in [5.41, 5.74) is -0.121. The number of sulfonamides is 1. The maximum atomic E-state index is 13.0. The third-order valence-electron chi connectivity index (χ3n) is 5.17. The molecule has 1 heterocycles. The molecule has 3 unspecified atom stereocenters. The number of benzene rings is 1. The predicted octanol–water partition coefficient (Wildman–Crippen LogP) is 3.19. The van der Waals surface area contributed by atoms with Crippen LogP contribution in [0.2, 0.25) is 0 Å². The highest BCUT2D eigenvalue weighted by Crippen LogP contribution is 2.42. The maximum absolute atomic E-state index is 13.0. The van der Waals surface area contributed by atoms with E-state index in [-0.39, 0.29) is 36.5 Å². The Hall–Kier alpha value is -1.16. The average Bonchev–Trinajstić information content (AvgIpc) is 3.42. The van der Waals surface area contributed by atoms with Gasteiger partial charge in [0.05, 0.1) is 23.5 Å². The number of morpholine rings is 1. The highest BCUT2D eigenvalue weighted by molar-refractivity contribution is 7.89. The molecule has 5 nitrogen and oxygen atoms in total. The molecule has 9 heteroatoms. The highest BCUT2D eigenvalue weighted by atomic mass is 32.2. The molecule has 2 aliphatic rings. The summed E-state index contributed by atoms with van der Waals surface area (Å²) in [5.74, 6) is 0.156. The second kappa shape index (κ2) is 8.30. The van der Waals surface area contributed by atoms with E-state index in [0.29, 0.717) is 18.7 Å². The Balaban J connectivity index is 1.63. The monoisotopic (exact) mass is 420 g/mol. The molecule has 1 N–H and O–H groups in total. The molecule has 3 atom stereocenters. The largest absolute Gasteiger partial charge is 0.416 e. The van der Waals surface area contributed by atoms with Crippen LogP contribution in [0.4, 0.5) is 13.2 Å². The minimum Gasteiger partial charge on any atom is -0.373 e. The Morgan fingerprint density at radius 3 is 2.43 bits per heavy atom. The van der Waals surface area contributed by atoms with E-state index in [2.05, 4.69) is 5.32 Å². The number of nitrogens with one attached hydrogen (secondary N) is 1. The van der Waals surface area contributed by atoms with Crippen molar-refractivity contribution in [3.8, 4) is 0 Å². The number of hydrogen-bond acceptors (Lipinski definition) is 4. The summed E-state index contributed by atoms with van der Waals surface area (Å²) in [5, 5.41) is 3.19. The van der Waals surface area contributed by atoms with Gasteiger partial charge in [0.25, 0.3) is 0 Å². The zero-order valence-electron chi connectivity index (χ0n) is 16.1. The van der Waals surface area contributed by atoms with Gasteiger partial charge in [-0.05, 0) is 50.3 Å². The molecule has 0 aromatic heterocycles. The lowest BCUT2D eigenvalue weighted by Crippen LogP contribution is -2.49. The van der Waals surface area contributed by atoms with Crippen LogP contribution >= 0.6 is 0 Å². The second-order valence-corrected chi connectivity index (χ2v) is 9.87. The van der Waals surface area contributed by atoms with E-state index in [1.807, 2.05) is 13.8 Å². The van der Waals surface area contributed by atoms with Gasteiger partial charge in [-0.25, -0.2) is 8.42 Å². The number of rotatable bonds is 7. The molecule has 0 radical (unpaired) electrons. The number of halogens is 3. The second-order valence-electron chi connectivity index (χ2n) is 7.78. The van der Waals surface area contributed by atoms with Crippen LogP contribution in [0.3, 0.4) is 0 Å². The predicted molar refractivity (Wildman–Crippen MR) is 100 cm³/mol. The Morgan fingerprint density at radius 2 is 1.86 bits per heavy atom. The third kappa shape index (κ3) is 5.46. The summed E-state index contributed by atoms with van der Waals surface area (Å²) >= 11 is 0. The van der Waals surface area contributed by atoms with Crippen molar-refractivity contribution >= 4 is 10.0 Å². The fourth-order valence-corrected chi connectivity index (χ4v) is 5.23. The van der Waals surface area contributed by atoms with Crippen molar-refractivity contribution in [1.82, 2.24) is 9.62 Å². The first-order valence-corrected chi connectivity index (χ1v) is 11.2. The van der Waals surface area contributed by atoms with Crippen molar-refractivity contribution in [2.24, 2.45) is 5.92 Å². The summed E-state index contributed by atoms with van der Waals surface area (Å²) < 4.78 is 71.3. The molecule has 28 heavy (non-hydrogen) atoms. The van der Waals surface area contributed by atoms with E-state index in [9.17, 15) is 21.6 Å². The summed E-state index contributed by atoms with van der Waals surface area (Å²) in [6.07, 6.45) is -2.85. The quantitative estimate of drug-likeness (QED) is 0.736. The molecule has 158 valence electrons. The van der Waals surface area contributed by atoms with E-state index < -0.39 is 21.8 Å². The van der Waals surface area contributed by atoms with Crippen molar-refractivity contribution in [3.05, 3.63) is 35.4 Å². The summed E-state index contributed by atoms with van der Waals surface area (Å²) in [6.45, 7) is 4.53. The van der Waals surface area contributed by atoms with Gasteiger partial charge < -0.3 is 10.1 Å². The van der Waals surface area contributed by atoms with Crippen LogP contribution in [0.15, 0.2) is 24.3 Å². The van der Waals surface area contributed by atoms with Crippen LogP contribution < -0.4 is 5.32 Å². The Bertz CT molecular complexity index is 771. The number of nitrogens with zero attached hydrogens (tertiary/aromatic N) is 1. The molecular weight excluding hydrogens is 393 g/mol. The SMILES string of the molecule is CC1CN(S(=O)(=O)CCNC(c2cccc(C(F)(F)F)c2)C2CC2)CC(C)O1. The van der Waals surface area contributed by atoms with E-state index in [1.165, 1.54) is 10.4 Å². The minimum absolute atomic E-state index is 0.0887. The first-order chi connectivity index (χ1) is 13.1. The molecule has 1 aromatic rings. The fraction of sp³-hybridized carbons (Fsp3) is 0.684. The lowest BCUT2D eigenvalue weighted by Gasteiger charge is -2.34. The van der Waals surface area contributed by atoms with Gasteiger partial charge in [-0.3, -0.25) is 0 Å².